The fourth-order valence-electron chi connectivity index (χ4n) is 1.92. The summed E-state index contributed by atoms with van der Waals surface area (Å²) in [5.74, 6) is 0. The second-order valence-corrected chi connectivity index (χ2v) is 6.23. The zero-order valence-corrected chi connectivity index (χ0v) is 11.7. The normalized spacial score (nSPS) is 12.1. The minimum Gasteiger partial charge on any atom is -0.306 e. The molecule has 1 aromatic heterocycles. The van der Waals surface area contributed by atoms with Gasteiger partial charge in [-0.3, -0.25) is 0 Å². The smallest absolute Gasteiger partial charge is 0.306 e. The molecule has 1 aromatic carbocycles. The molecule has 0 saturated carbocycles. The van der Waals surface area contributed by atoms with E-state index in [4.69, 9.17) is 0 Å². The quantitative estimate of drug-likeness (QED) is 0.720. The van der Waals surface area contributed by atoms with E-state index in [0.717, 1.165) is 12.8 Å². The number of aryl methyl sites for hydroxylation is 1. The number of fused-ring (bicyclic) bond motifs is 1. The molecule has 0 amide bonds. The molecule has 19 heavy (non-hydrogen) atoms. The van der Waals surface area contributed by atoms with Crippen molar-refractivity contribution in [3.63, 3.8) is 0 Å². The molecule has 104 valence electrons. The summed E-state index contributed by atoms with van der Waals surface area (Å²) in [5, 5.41) is 0. The van der Waals surface area contributed by atoms with Gasteiger partial charge in [0.05, 0.1) is 15.9 Å². The summed E-state index contributed by atoms with van der Waals surface area (Å²) < 4.78 is 26.9. The first kappa shape index (κ1) is 13.8. The third-order valence-corrected chi connectivity index (χ3v) is 4.53. The molecule has 0 aliphatic heterocycles. The molecule has 2 aromatic rings. The second kappa shape index (κ2) is 5.18. The molecule has 0 aliphatic rings. The number of hydrogen-bond acceptors (Lipinski definition) is 3. The van der Waals surface area contributed by atoms with Crippen LogP contribution in [0.5, 0.6) is 0 Å². The van der Waals surface area contributed by atoms with Crippen LogP contribution in [0.1, 0.15) is 25.3 Å². The van der Waals surface area contributed by atoms with Crippen LogP contribution in [0, 0.1) is 6.92 Å². The molecule has 1 heterocycles. The number of benzene rings is 1. The molecule has 3 N–H and O–H groups in total. The van der Waals surface area contributed by atoms with Crippen LogP contribution in [0.3, 0.4) is 0 Å². The van der Waals surface area contributed by atoms with Crippen LogP contribution in [0.2, 0.25) is 0 Å². The molecule has 0 saturated heterocycles. The minimum absolute atomic E-state index is 0.200. The largest absolute Gasteiger partial charge is 0.323 e. The van der Waals surface area contributed by atoms with Crippen LogP contribution < -0.4 is 10.4 Å². The van der Waals surface area contributed by atoms with Crippen LogP contribution in [0.25, 0.3) is 11.0 Å². The summed E-state index contributed by atoms with van der Waals surface area (Å²) >= 11 is 0. The van der Waals surface area contributed by atoms with Gasteiger partial charge in [-0.25, -0.2) is 17.9 Å². The lowest BCUT2D eigenvalue weighted by atomic mass is 10.2. The van der Waals surface area contributed by atoms with Crippen molar-refractivity contribution >= 4 is 21.1 Å². The van der Waals surface area contributed by atoms with Crippen molar-refractivity contribution in [2.24, 2.45) is 0 Å². The van der Waals surface area contributed by atoms with E-state index >= 15 is 0 Å². The highest BCUT2D eigenvalue weighted by molar-refractivity contribution is 7.89. The Morgan fingerprint density at radius 2 is 1.84 bits per heavy atom. The maximum Gasteiger partial charge on any atom is 0.323 e. The van der Waals surface area contributed by atoms with Crippen LogP contribution in [0.4, 0.5) is 0 Å². The predicted molar refractivity (Wildman–Crippen MR) is 73.8 cm³/mol. The summed E-state index contributed by atoms with van der Waals surface area (Å²) in [6.45, 7) is 4.12. The van der Waals surface area contributed by atoms with Gasteiger partial charge in [0.15, 0.2) is 0 Å². The molecule has 2 rings (SSSR count). The summed E-state index contributed by atoms with van der Waals surface area (Å²) in [6, 6.07) is 3.14. The van der Waals surface area contributed by atoms with E-state index in [-0.39, 0.29) is 10.6 Å². The highest BCUT2D eigenvalue weighted by Crippen LogP contribution is 2.20. The average Bonchev–Trinajstić information content (AvgIpc) is 2.67. The van der Waals surface area contributed by atoms with E-state index in [1.54, 1.807) is 13.0 Å². The number of aromatic amines is 2. The van der Waals surface area contributed by atoms with E-state index in [9.17, 15) is 13.2 Å². The van der Waals surface area contributed by atoms with Gasteiger partial charge in [0.2, 0.25) is 10.0 Å². The maximum atomic E-state index is 12.2. The van der Waals surface area contributed by atoms with E-state index in [1.165, 1.54) is 6.07 Å². The Labute approximate surface area is 111 Å². The Bertz CT molecular complexity index is 743. The first-order valence-electron chi connectivity index (χ1n) is 6.16. The number of H-pyrrole nitrogens is 2. The molecule has 0 fully saturated rings. The molecule has 0 unspecified atom stereocenters. The predicted octanol–water partition coefficient (Wildman–Crippen LogP) is 1.24. The van der Waals surface area contributed by atoms with Crippen molar-refractivity contribution in [3.8, 4) is 0 Å². The minimum atomic E-state index is -3.53. The van der Waals surface area contributed by atoms with E-state index in [1.807, 2.05) is 6.92 Å². The lowest BCUT2D eigenvalue weighted by molar-refractivity contribution is 0.578. The molecule has 0 bridgehead atoms. The van der Waals surface area contributed by atoms with Gasteiger partial charge in [0.25, 0.3) is 0 Å². The number of unbranched alkanes of at least 4 members (excludes halogenated alkanes) is 1. The fraction of sp³-hybridized carbons (Fsp3) is 0.417. The number of nitrogens with one attached hydrogen (secondary N) is 3. The van der Waals surface area contributed by atoms with Crippen molar-refractivity contribution in [2.45, 2.75) is 31.6 Å². The van der Waals surface area contributed by atoms with Crippen LogP contribution in [-0.4, -0.2) is 24.9 Å². The number of imidazole rings is 1. The first-order valence-corrected chi connectivity index (χ1v) is 7.64. The van der Waals surface area contributed by atoms with Crippen molar-refractivity contribution in [2.75, 3.05) is 6.54 Å². The van der Waals surface area contributed by atoms with Crippen molar-refractivity contribution < 1.29 is 8.42 Å². The van der Waals surface area contributed by atoms with Crippen LogP contribution in [0.15, 0.2) is 21.8 Å². The van der Waals surface area contributed by atoms with Gasteiger partial charge in [-0.15, -0.1) is 0 Å². The standard InChI is InChI=1S/C12H17N3O3S/c1-3-4-5-13-19(17,18)11-7-10-9(6-8(11)2)14-12(16)15-10/h6-7,13H,3-5H2,1-2H3,(H2,14,15,16). The molecule has 7 heteroatoms. The molecular formula is C12H17N3O3S. The second-order valence-electron chi connectivity index (χ2n) is 4.49. The summed E-state index contributed by atoms with van der Waals surface area (Å²) in [7, 11) is -3.53. The summed E-state index contributed by atoms with van der Waals surface area (Å²) in [6.07, 6.45) is 1.72. The van der Waals surface area contributed by atoms with E-state index in [2.05, 4.69) is 14.7 Å². The lowest BCUT2D eigenvalue weighted by Crippen LogP contribution is -2.25. The maximum absolute atomic E-state index is 12.2. The Balaban J connectivity index is 2.43. The van der Waals surface area contributed by atoms with Gasteiger partial charge >= 0.3 is 5.69 Å². The third kappa shape index (κ3) is 2.87. The topological polar surface area (TPSA) is 94.8 Å². The Morgan fingerprint density at radius 1 is 1.21 bits per heavy atom. The van der Waals surface area contributed by atoms with Gasteiger partial charge < -0.3 is 9.97 Å². The Hall–Kier alpha value is -1.60. The highest BCUT2D eigenvalue weighted by Gasteiger charge is 2.17. The van der Waals surface area contributed by atoms with Crippen molar-refractivity contribution in [3.05, 3.63) is 28.2 Å². The van der Waals surface area contributed by atoms with Gasteiger partial charge in [0.1, 0.15) is 0 Å². The zero-order chi connectivity index (χ0) is 14.0. The first-order chi connectivity index (χ1) is 8.94. The highest BCUT2D eigenvalue weighted by atomic mass is 32.2. The third-order valence-electron chi connectivity index (χ3n) is 2.92. The van der Waals surface area contributed by atoms with E-state index < -0.39 is 10.0 Å². The van der Waals surface area contributed by atoms with Crippen LogP contribution in [-0.2, 0) is 10.0 Å². The molecule has 0 spiro atoms. The summed E-state index contributed by atoms with van der Waals surface area (Å²) in [5.41, 5.74) is 1.36. The number of rotatable bonds is 5. The number of aromatic nitrogens is 2. The summed E-state index contributed by atoms with van der Waals surface area (Å²) in [4.78, 5) is 16.6. The Kier molecular flexibility index (Phi) is 3.77. The SMILES string of the molecule is CCCCNS(=O)(=O)c1cc2[nH]c(=O)[nH]c2cc1C. The molecule has 0 aliphatic carbocycles. The number of sulfonamides is 1. The van der Waals surface area contributed by atoms with E-state index in [0.29, 0.717) is 23.1 Å². The monoisotopic (exact) mass is 283 g/mol. The molecule has 6 nitrogen and oxygen atoms in total. The molecular weight excluding hydrogens is 266 g/mol. The zero-order valence-electron chi connectivity index (χ0n) is 10.9. The molecule has 0 radical (unpaired) electrons. The van der Waals surface area contributed by atoms with Gasteiger partial charge in [-0.2, -0.15) is 0 Å². The van der Waals surface area contributed by atoms with Gasteiger partial charge in [-0.1, -0.05) is 13.3 Å². The average molecular weight is 283 g/mol. The lowest BCUT2D eigenvalue weighted by Gasteiger charge is -2.09. The fourth-order valence-corrected chi connectivity index (χ4v) is 3.25. The molecule has 0 atom stereocenters. The number of hydrogen-bond donors (Lipinski definition) is 3. The van der Waals surface area contributed by atoms with Gasteiger partial charge in [-0.05, 0) is 31.0 Å². The Morgan fingerprint density at radius 3 is 2.47 bits per heavy atom. The van der Waals surface area contributed by atoms with Crippen molar-refractivity contribution in [1.29, 1.82) is 0 Å². The van der Waals surface area contributed by atoms with Gasteiger partial charge in [0, 0.05) is 6.54 Å². The van der Waals surface area contributed by atoms with Crippen LogP contribution >= 0.6 is 0 Å². The van der Waals surface area contributed by atoms with Crippen molar-refractivity contribution in [1.82, 2.24) is 14.7 Å².